The van der Waals surface area contributed by atoms with Gasteiger partial charge in [-0.15, -0.1) is 0 Å². The third-order valence-electron chi connectivity index (χ3n) is 4.81. The summed E-state index contributed by atoms with van der Waals surface area (Å²) < 4.78 is 16.3. The number of esters is 1. The third-order valence-corrected chi connectivity index (χ3v) is 4.81. The SMILES string of the molecule is COc1ccc(C2CC2(C(=O)OC(C)(C)C)C(=O)C2=CCCCO2)cc1. The number of hydrogen-bond donors (Lipinski definition) is 0. The van der Waals surface area contributed by atoms with Crippen LogP contribution in [0.4, 0.5) is 0 Å². The molecule has 2 aliphatic rings. The Kier molecular flexibility index (Phi) is 4.82. The molecule has 0 amide bonds. The summed E-state index contributed by atoms with van der Waals surface area (Å²) in [7, 11) is 1.60. The number of benzene rings is 1. The molecule has 0 bridgehead atoms. The molecule has 1 heterocycles. The van der Waals surface area contributed by atoms with E-state index in [4.69, 9.17) is 14.2 Å². The van der Waals surface area contributed by atoms with Crippen LogP contribution in [0.1, 0.15) is 51.5 Å². The van der Waals surface area contributed by atoms with E-state index in [-0.39, 0.29) is 11.7 Å². The van der Waals surface area contributed by atoms with Crippen molar-refractivity contribution < 1.29 is 23.8 Å². The Morgan fingerprint density at radius 3 is 2.42 bits per heavy atom. The summed E-state index contributed by atoms with van der Waals surface area (Å²) in [6.45, 7) is 5.94. The number of ketones is 1. The number of methoxy groups -OCH3 is 1. The maximum absolute atomic E-state index is 13.2. The van der Waals surface area contributed by atoms with Gasteiger partial charge in [0.1, 0.15) is 16.8 Å². The van der Waals surface area contributed by atoms with E-state index in [9.17, 15) is 9.59 Å². The van der Waals surface area contributed by atoms with E-state index in [1.807, 2.05) is 45.0 Å². The summed E-state index contributed by atoms with van der Waals surface area (Å²) in [5.74, 6) is 0.111. The van der Waals surface area contributed by atoms with Gasteiger partial charge in [-0.05, 0) is 63.8 Å². The molecule has 26 heavy (non-hydrogen) atoms. The molecular weight excluding hydrogens is 332 g/mol. The van der Waals surface area contributed by atoms with Crippen molar-refractivity contribution in [3.63, 3.8) is 0 Å². The highest BCUT2D eigenvalue weighted by Crippen LogP contribution is 2.62. The Balaban J connectivity index is 1.91. The van der Waals surface area contributed by atoms with Crippen LogP contribution in [0.5, 0.6) is 5.75 Å². The molecule has 2 unspecified atom stereocenters. The van der Waals surface area contributed by atoms with Crippen molar-refractivity contribution in [2.75, 3.05) is 13.7 Å². The highest BCUT2D eigenvalue weighted by Gasteiger charge is 2.68. The van der Waals surface area contributed by atoms with E-state index in [2.05, 4.69) is 0 Å². The van der Waals surface area contributed by atoms with Gasteiger partial charge in [0.2, 0.25) is 5.78 Å². The van der Waals surface area contributed by atoms with E-state index < -0.39 is 17.0 Å². The van der Waals surface area contributed by atoms with Crippen molar-refractivity contribution in [2.24, 2.45) is 5.41 Å². The molecule has 1 aliphatic carbocycles. The molecule has 0 N–H and O–H groups in total. The van der Waals surface area contributed by atoms with E-state index in [1.54, 1.807) is 13.2 Å². The van der Waals surface area contributed by atoms with Gasteiger partial charge in [-0.2, -0.15) is 0 Å². The molecular formula is C21H26O5. The Bertz CT molecular complexity index is 726. The van der Waals surface area contributed by atoms with E-state index in [0.717, 1.165) is 24.2 Å². The fourth-order valence-electron chi connectivity index (χ4n) is 3.38. The maximum Gasteiger partial charge on any atom is 0.321 e. The Hall–Kier alpha value is -2.30. The minimum absolute atomic E-state index is 0.206. The van der Waals surface area contributed by atoms with Crippen LogP contribution in [0.3, 0.4) is 0 Å². The van der Waals surface area contributed by atoms with Gasteiger partial charge in [-0.25, -0.2) is 0 Å². The molecule has 0 aromatic heterocycles. The average Bonchev–Trinajstić information content (AvgIpc) is 3.37. The highest BCUT2D eigenvalue weighted by atomic mass is 16.6. The molecule has 5 nitrogen and oxygen atoms in total. The molecule has 0 saturated heterocycles. The zero-order valence-corrected chi connectivity index (χ0v) is 15.8. The van der Waals surface area contributed by atoms with Crippen LogP contribution in [-0.2, 0) is 19.1 Å². The fraction of sp³-hybridized carbons (Fsp3) is 0.524. The van der Waals surface area contributed by atoms with Crippen molar-refractivity contribution in [2.45, 2.75) is 51.6 Å². The van der Waals surface area contributed by atoms with Crippen LogP contribution in [0, 0.1) is 5.41 Å². The van der Waals surface area contributed by atoms with Crippen LogP contribution < -0.4 is 4.74 Å². The average molecular weight is 358 g/mol. The van der Waals surface area contributed by atoms with Crippen LogP contribution in [0.2, 0.25) is 0 Å². The molecule has 0 radical (unpaired) electrons. The second-order valence-electron chi connectivity index (χ2n) is 7.89. The zero-order chi connectivity index (χ0) is 18.9. The molecule has 1 aromatic carbocycles. The lowest BCUT2D eigenvalue weighted by Crippen LogP contribution is -2.36. The van der Waals surface area contributed by atoms with Crippen LogP contribution in [-0.4, -0.2) is 31.1 Å². The first kappa shape index (κ1) is 18.5. The molecule has 140 valence electrons. The number of rotatable bonds is 5. The van der Waals surface area contributed by atoms with Gasteiger partial charge in [-0.1, -0.05) is 12.1 Å². The van der Waals surface area contributed by atoms with Gasteiger partial charge in [0.15, 0.2) is 5.76 Å². The smallest absolute Gasteiger partial charge is 0.321 e. The Labute approximate surface area is 154 Å². The Morgan fingerprint density at radius 2 is 1.88 bits per heavy atom. The second kappa shape index (κ2) is 6.78. The summed E-state index contributed by atoms with van der Waals surface area (Å²) in [4.78, 5) is 26.2. The van der Waals surface area contributed by atoms with E-state index >= 15 is 0 Å². The first-order valence-electron chi connectivity index (χ1n) is 9.03. The number of carbonyl (C=O) groups excluding carboxylic acids is 2. The van der Waals surface area contributed by atoms with Gasteiger partial charge >= 0.3 is 5.97 Å². The summed E-state index contributed by atoms with van der Waals surface area (Å²) in [6, 6.07) is 7.49. The lowest BCUT2D eigenvalue weighted by molar-refractivity contribution is -0.164. The predicted octanol–water partition coefficient (Wildman–Crippen LogP) is 3.77. The summed E-state index contributed by atoms with van der Waals surface area (Å²) in [5.41, 5.74) is -0.911. The number of ether oxygens (including phenoxy) is 3. The van der Waals surface area contributed by atoms with Crippen molar-refractivity contribution in [3.05, 3.63) is 41.7 Å². The van der Waals surface area contributed by atoms with Gasteiger partial charge in [0.25, 0.3) is 0 Å². The molecule has 5 heteroatoms. The quantitative estimate of drug-likeness (QED) is 0.592. The lowest BCUT2D eigenvalue weighted by Gasteiger charge is -2.25. The molecule has 1 aromatic rings. The van der Waals surface area contributed by atoms with Gasteiger partial charge in [0, 0.05) is 5.92 Å². The fourth-order valence-corrected chi connectivity index (χ4v) is 3.38. The highest BCUT2D eigenvalue weighted by molar-refractivity contribution is 6.15. The summed E-state index contributed by atoms with van der Waals surface area (Å²) in [5, 5.41) is 0. The summed E-state index contributed by atoms with van der Waals surface area (Å²) in [6.07, 6.45) is 3.91. The predicted molar refractivity (Wildman–Crippen MR) is 96.9 cm³/mol. The topological polar surface area (TPSA) is 61.8 Å². The van der Waals surface area contributed by atoms with Crippen molar-refractivity contribution in [1.29, 1.82) is 0 Å². The molecule has 1 saturated carbocycles. The zero-order valence-electron chi connectivity index (χ0n) is 15.8. The first-order valence-corrected chi connectivity index (χ1v) is 9.03. The minimum atomic E-state index is -1.19. The molecule has 1 fully saturated rings. The van der Waals surface area contributed by atoms with Crippen molar-refractivity contribution >= 4 is 11.8 Å². The standard InChI is InChI=1S/C21H26O5/c1-20(2,3)26-19(23)21(18(22)17-7-5-6-12-25-17)13-16(21)14-8-10-15(24-4)11-9-14/h7-11,16H,5-6,12-13H2,1-4H3. The van der Waals surface area contributed by atoms with Crippen LogP contribution in [0.25, 0.3) is 0 Å². The van der Waals surface area contributed by atoms with E-state index in [1.165, 1.54) is 0 Å². The lowest BCUT2D eigenvalue weighted by atomic mass is 9.92. The molecule has 0 spiro atoms. The normalized spacial score (nSPS) is 24.9. The van der Waals surface area contributed by atoms with Crippen molar-refractivity contribution in [1.82, 2.24) is 0 Å². The number of Topliss-reactive ketones (excluding diaryl/α,β-unsaturated/α-hetero) is 1. The largest absolute Gasteiger partial charge is 0.497 e. The minimum Gasteiger partial charge on any atom is -0.497 e. The monoisotopic (exact) mass is 358 g/mol. The second-order valence-corrected chi connectivity index (χ2v) is 7.89. The van der Waals surface area contributed by atoms with E-state index in [0.29, 0.717) is 18.8 Å². The molecule has 1 aliphatic heterocycles. The van der Waals surface area contributed by atoms with Crippen LogP contribution in [0.15, 0.2) is 36.1 Å². The third kappa shape index (κ3) is 3.48. The number of carbonyl (C=O) groups is 2. The first-order chi connectivity index (χ1) is 12.3. The Morgan fingerprint density at radius 1 is 1.19 bits per heavy atom. The van der Waals surface area contributed by atoms with Crippen LogP contribution >= 0.6 is 0 Å². The number of hydrogen-bond acceptors (Lipinski definition) is 5. The molecule has 2 atom stereocenters. The van der Waals surface area contributed by atoms with Crippen molar-refractivity contribution in [3.8, 4) is 5.75 Å². The number of allylic oxidation sites excluding steroid dienone is 2. The molecule has 3 rings (SSSR count). The van der Waals surface area contributed by atoms with Gasteiger partial charge < -0.3 is 14.2 Å². The summed E-state index contributed by atoms with van der Waals surface area (Å²) >= 11 is 0. The van der Waals surface area contributed by atoms with Gasteiger partial charge in [0.05, 0.1) is 13.7 Å². The van der Waals surface area contributed by atoms with Gasteiger partial charge in [-0.3, -0.25) is 9.59 Å². The maximum atomic E-state index is 13.2.